The summed E-state index contributed by atoms with van der Waals surface area (Å²) in [6.07, 6.45) is 1.14. The number of carbonyl (C=O) groups excluding carboxylic acids is 1. The van der Waals surface area contributed by atoms with E-state index >= 15 is 0 Å². The number of fused-ring (bicyclic) bond motifs is 1. The number of Topliss-reactive ketones (excluding diaryl/α,β-unsaturated/α-hetero) is 1. The maximum atomic E-state index is 13.8. The zero-order valence-corrected chi connectivity index (χ0v) is 11.3. The summed E-state index contributed by atoms with van der Waals surface area (Å²) in [6.45, 7) is 0. The van der Waals surface area contributed by atoms with E-state index in [1.165, 1.54) is 0 Å². The van der Waals surface area contributed by atoms with E-state index in [1.54, 1.807) is 0 Å². The van der Waals surface area contributed by atoms with Gasteiger partial charge in [0.25, 0.3) is 0 Å². The van der Waals surface area contributed by atoms with Gasteiger partial charge < -0.3 is 0 Å². The third-order valence-electron chi connectivity index (χ3n) is 3.70. The molecule has 1 aliphatic carbocycles. The lowest BCUT2D eigenvalue weighted by Gasteiger charge is -2.09. The Morgan fingerprint density at radius 3 is 2.25 bits per heavy atom. The predicted molar refractivity (Wildman–Crippen MR) is 73.0 cm³/mol. The van der Waals surface area contributed by atoms with Crippen LogP contribution < -0.4 is 0 Å². The molecule has 0 atom stereocenters. The van der Waals surface area contributed by atoms with Gasteiger partial charge in [-0.2, -0.15) is 0 Å². The molecular formula is C16H11ClF2O. The molecule has 0 heterocycles. The lowest BCUT2D eigenvalue weighted by molar-refractivity contribution is 0.0920. The van der Waals surface area contributed by atoms with E-state index in [-0.39, 0.29) is 22.3 Å². The molecule has 0 aromatic heterocycles. The second-order valence-electron chi connectivity index (χ2n) is 4.98. The van der Waals surface area contributed by atoms with Crippen molar-refractivity contribution < 1.29 is 13.6 Å². The predicted octanol–water partition coefficient (Wildman–Crippen LogP) is 4.22. The van der Waals surface area contributed by atoms with Crippen LogP contribution in [0.15, 0.2) is 36.4 Å². The Balaban J connectivity index is 1.90. The molecule has 2 aromatic rings. The molecule has 102 valence electrons. The van der Waals surface area contributed by atoms with Crippen molar-refractivity contribution in [3.05, 3.63) is 69.7 Å². The van der Waals surface area contributed by atoms with Crippen LogP contribution in [0.1, 0.15) is 21.5 Å². The Morgan fingerprint density at radius 1 is 1.05 bits per heavy atom. The number of carbonyl (C=O) groups is 1. The molecule has 1 nitrogen and oxygen atoms in total. The summed E-state index contributed by atoms with van der Waals surface area (Å²) in [5.41, 5.74) is 1.98. The molecule has 20 heavy (non-hydrogen) atoms. The summed E-state index contributed by atoms with van der Waals surface area (Å²) in [4.78, 5) is 12.4. The summed E-state index contributed by atoms with van der Waals surface area (Å²) in [7, 11) is 0. The topological polar surface area (TPSA) is 17.1 Å². The quantitative estimate of drug-likeness (QED) is 0.598. The fourth-order valence-electron chi connectivity index (χ4n) is 2.68. The third kappa shape index (κ3) is 2.22. The summed E-state index contributed by atoms with van der Waals surface area (Å²) in [5.74, 6) is -2.24. The molecule has 0 radical (unpaired) electrons. The summed E-state index contributed by atoms with van der Waals surface area (Å²) in [6, 6.07) is 9.49. The molecule has 0 bridgehead atoms. The minimum absolute atomic E-state index is 0.218. The first kappa shape index (κ1) is 13.3. The highest BCUT2D eigenvalue weighted by Crippen LogP contribution is 2.30. The van der Waals surface area contributed by atoms with Crippen LogP contribution in [0.3, 0.4) is 0 Å². The third-order valence-corrected chi connectivity index (χ3v) is 3.99. The van der Waals surface area contributed by atoms with E-state index in [2.05, 4.69) is 0 Å². The van der Waals surface area contributed by atoms with Crippen LogP contribution in [0.5, 0.6) is 0 Å². The minimum atomic E-state index is -0.771. The molecule has 3 rings (SSSR count). The smallest absolute Gasteiger partial charge is 0.169 e. The maximum absolute atomic E-state index is 13.8. The maximum Gasteiger partial charge on any atom is 0.169 e. The number of ketones is 1. The van der Waals surface area contributed by atoms with Gasteiger partial charge in [0.2, 0.25) is 0 Å². The minimum Gasteiger partial charge on any atom is -0.294 e. The molecule has 1 aliphatic rings. The van der Waals surface area contributed by atoms with Crippen LogP contribution in [0.25, 0.3) is 0 Å². The van der Waals surface area contributed by atoms with Crippen molar-refractivity contribution in [2.45, 2.75) is 12.8 Å². The molecule has 0 aliphatic heterocycles. The van der Waals surface area contributed by atoms with Crippen LogP contribution >= 0.6 is 11.6 Å². The van der Waals surface area contributed by atoms with E-state index in [0.717, 1.165) is 23.3 Å². The van der Waals surface area contributed by atoms with Crippen molar-refractivity contribution in [1.82, 2.24) is 0 Å². The van der Waals surface area contributed by atoms with Crippen molar-refractivity contribution in [1.29, 1.82) is 0 Å². The lowest BCUT2D eigenvalue weighted by atomic mass is 9.94. The Bertz CT molecular complexity index is 672. The molecule has 0 unspecified atom stereocenters. The second-order valence-corrected chi connectivity index (χ2v) is 5.39. The van der Waals surface area contributed by atoms with Gasteiger partial charge in [0, 0.05) is 5.92 Å². The van der Waals surface area contributed by atoms with Crippen LogP contribution in [-0.4, -0.2) is 5.78 Å². The number of hydrogen-bond acceptors (Lipinski definition) is 1. The molecule has 0 saturated heterocycles. The van der Waals surface area contributed by atoms with Gasteiger partial charge >= 0.3 is 0 Å². The van der Waals surface area contributed by atoms with Crippen molar-refractivity contribution in [3.63, 3.8) is 0 Å². The zero-order valence-electron chi connectivity index (χ0n) is 10.5. The van der Waals surface area contributed by atoms with Crippen LogP contribution in [0, 0.1) is 17.6 Å². The second kappa shape index (κ2) is 4.98. The van der Waals surface area contributed by atoms with Gasteiger partial charge in [-0.05, 0) is 36.1 Å². The van der Waals surface area contributed by atoms with Crippen molar-refractivity contribution in [2.24, 2.45) is 5.92 Å². The monoisotopic (exact) mass is 292 g/mol. The van der Waals surface area contributed by atoms with E-state index in [9.17, 15) is 13.6 Å². The van der Waals surface area contributed by atoms with E-state index in [0.29, 0.717) is 12.8 Å². The molecule has 4 heteroatoms. The van der Waals surface area contributed by atoms with Gasteiger partial charge in [0.15, 0.2) is 5.78 Å². The summed E-state index contributed by atoms with van der Waals surface area (Å²) in [5, 5.41) is -0.311. The highest BCUT2D eigenvalue weighted by Gasteiger charge is 2.29. The van der Waals surface area contributed by atoms with Crippen molar-refractivity contribution >= 4 is 17.4 Å². The number of hydrogen-bond donors (Lipinski definition) is 0. The van der Waals surface area contributed by atoms with Gasteiger partial charge in [-0.15, -0.1) is 0 Å². The Hall–Kier alpha value is -1.74. The van der Waals surface area contributed by atoms with Crippen LogP contribution in [-0.2, 0) is 12.8 Å². The molecule has 0 amide bonds. The molecule has 2 aromatic carbocycles. The van der Waals surface area contributed by atoms with Crippen molar-refractivity contribution in [2.75, 3.05) is 0 Å². The van der Waals surface area contributed by atoms with E-state index in [1.807, 2.05) is 24.3 Å². The lowest BCUT2D eigenvalue weighted by Crippen LogP contribution is -2.16. The van der Waals surface area contributed by atoms with Gasteiger partial charge in [0.1, 0.15) is 11.6 Å². The highest BCUT2D eigenvalue weighted by molar-refractivity contribution is 6.30. The summed E-state index contributed by atoms with van der Waals surface area (Å²) >= 11 is 5.50. The van der Waals surface area contributed by atoms with Gasteiger partial charge in [-0.1, -0.05) is 35.9 Å². The van der Waals surface area contributed by atoms with Crippen molar-refractivity contribution in [3.8, 4) is 0 Å². The summed E-state index contributed by atoms with van der Waals surface area (Å²) < 4.78 is 27.2. The van der Waals surface area contributed by atoms with Gasteiger partial charge in [0.05, 0.1) is 10.6 Å². The van der Waals surface area contributed by atoms with Gasteiger partial charge in [-0.25, -0.2) is 8.78 Å². The zero-order chi connectivity index (χ0) is 14.3. The highest BCUT2D eigenvalue weighted by atomic mass is 35.5. The Morgan fingerprint density at radius 2 is 1.65 bits per heavy atom. The fourth-order valence-corrected chi connectivity index (χ4v) is 2.83. The largest absolute Gasteiger partial charge is 0.294 e. The molecular weight excluding hydrogens is 282 g/mol. The van der Waals surface area contributed by atoms with E-state index < -0.39 is 11.6 Å². The molecule has 0 N–H and O–H groups in total. The number of benzene rings is 2. The normalized spacial score (nSPS) is 14.3. The number of halogens is 3. The fraction of sp³-hybridized carbons (Fsp3) is 0.188. The SMILES string of the molecule is O=C(c1cc(F)c(Cl)cc1F)C1Cc2ccccc2C1. The Labute approximate surface area is 120 Å². The first-order valence-electron chi connectivity index (χ1n) is 6.32. The first-order valence-corrected chi connectivity index (χ1v) is 6.69. The average molecular weight is 293 g/mol. The number of rotatable bonds is 2. The Kier molecular flexibility index (Phi) is 3.30. The molecule has 0 fully saturated rings. The van der Waals surface area contributed by atoms with Gasteiger partial charge in [-0.3, -0.25) is 4.79 Å². The molecule has 0 saturated carbocycles. The van der Waals surface area contributed by atoms with E-state index in [4.69, 9.17) is 11.6 Å². The standard InChI is InChI=1S/C16H11ClF2O/c17-13-8-14(18)12(7-15(13)19)16(20)11-5-9-3-1-2-4-10(9)6-11/h1-4,7-8,11H,5-6H2. The first-order chi connectivity index (χ1) is 9.56. The van der Waals surface area contributed by atoms with Crippen LogP contribution in [0.2, 0.25) is 5.02 Å². The average Bonchev–Trinajstić information content (AvgIpc) is 2.86. The van der Waals surface area contributed by atoms with Crippen LogP contribution in [0.4, 0.5) is 8.78 Å². The molecule has 0 spiro atoms.